The largest absolute Gasteiger partial charge is 0.461 e. The van der Waals surface area contributed by atoms with Crippen molar-refractivity contribution in [3.8, 4) is 0 Å². The second kappa shape index (κ2) is 10.2. The fraction of sp³-hybridized carbons (Fsp3) is 0.588. The SMILES string of the molecule is CCCCNc1ccccc1C(=O)OCCN(CC)CC. The van der Waals surface area contributed by atoms with Gasteiger partial charge < -0.3 is 15.0 Å². The van der Waals surface area contributed by atoms with Crippen LogP contribution in [0.3, 0.4) is 0 Å². The van der Waals surface area contributed by atoms with Gasteiger partial charge in [0, 0.05) is 18.8 Å². The summed E-state index contributed by atoms with van der Waals surface area (Å²) >= 11 is 0. The van der Waals surface area contributed by atoms with Gasteiger partial charge in [0.1, 0.15) is 6.61 Å². The number of unbranched alkanes of at least 4 members (excludes halogenated alkanes) is 1. The molecule has 1 aromatic carbocycles. The minimum atomic E-state index is -0.248. The molecule has 0 fully saturated rings. The molecule has 1 N–H and O–H groups in total. The monoisotopic (exact) mass is 292 g/mol. The van der Waals surface area contributed by atoms with Gasteiger partial charge in [-0.1, -0.05) is 39.3 Å². The normalized spacial score (nSPS) is 10.7. The molecule has 4 heteroatoms. The molecule has 1 rings (SSSR count). The Morgan fingerprint density at radius 3 is 2.57 bits per heavy atom. The Kier molecular flexibility index (Phi) is 8.51. The highest BCUT2D eigenvalue weighted by atomic mass is 16.5. The lowest BCUT2D eigenvalue weighted by Gasteiger charge is -2.18. The highest BCUT2D eigenvalue weighted by molar-refractivity contribution is 5.95. The fourth-order valence-electron chi connectivity index (χ4n) is 2.10. The molecule has 0 radical (unpaired) electrons. The van der Waals surface area contributed by atoms with E-state index < -0.39 is 0 Å². The molecule has 118 valence electrons. The number of hydrogen-bond acceptors (Lipinski definition) is 4. The predicted molar refractivity (Wildman–Crippen MR) is 87.9 cm³/mol. The van der Waals surface area contributed by atoms with Crippen molar-refractivity contribution in [3.05, 3.63) is 29.8 Å². The summed E-state index contributed by atoms with van der Waals surface area (Å²) in [5.74, 6) is -0.248. The smallest absolute Gasteiger partial charge is 0.340 e. The average molecular weight is 292 g/mol. The summed E-state index contributed by atoms with van der Waals surface area (Å²) in [5, 5.41) is 3.31. The van der Waals surface area contributed by atoms with E-state index in [2.05, 4.69) is 31.0 Å². The third-order valence-electron chi connectivity index (χ3n) is 3.53. The van der Waals surface area contributed by atoms with E-state index in [1.807, 2.05) is 24.3 Å². The first-order valence-corrected chi connectivity index (χ1v) is 7.95. The van der Waals surface area contributed by atoms with Crippen molar-refractivity contribution in [2.75, 3.05) is 38.1 Å². The Morgan fingerprint density at radius 2 is 1.90 bits per heavy atom. The van der Waals surface area contributed by atoms with Crippen molar-refractivity contribution < 1.29 is 9.53 Å². The molecule has 4 nitrogen and oxygen atoms in total. The van der Waals surface area contributed by atoms with Crippen LogP contribution in [0.1, 0.15) is 44.0 Å². The molecule has 21 heavy (non-hydrogen) atoms. The number of hydrogen-bond donors (Lipinski definition) is 1. The number of para-hydroxylation sites is 1. The number of anilines is 1. The second-order valence-corrected chi connectivity index (χ2v) is 4.99. The van der Waals surface area contributed by atoms with Crippen LogP contribution in [-0.2, 0) is 4.74 Å². The van der Waals surface area contributed by atoms with Gasteiger partial charge in [-0.25, -0.2) is 4.79 Å². The zero-order valence-electron chi connectivity index (χ0n) is 13.5. The highest BCUT2D eigenvalue weighted by Gasteiger charge is 2.12. The first kappa shape index (κ1) is 17.5. The van der Waals surface area contributed by atoms with Crippen LogP contribution >= 0.6 is 0 Å². The molecule has 0 aliphatic heterocycles. The molecule has 0 aromatic heterocycles. The van der Waals surface area contributed by atoms with Gasteiger partial charge in [0.25, 0.3) is 0 Å². The predicted octanol–water partition coefficient (Wildman–Crippen LogP) is 3.40. The molecule has 0 atom stereocenters. The van der Waals surface area contributed by atoms with Crippen molar-refractivity contribution in [3.63, 3.8) is 0 Å². The maximum Gasteiger partial charge on any atom is 0.340 e. The van der Waals surface area contributed by atoms with Crippen LogP contribution in [0.25, 0.3) is 0 Å². The molecular formula is C17H28N2O2. The van der Waals surface area contributed by atoms with Gasteiger partial charge in [-0.05, 0) is 31.6 Å². The van der Waals surface area contributed by atoms with E-state index in [0.29, 0.717) is 12.2 Å². The van der Waals surface area contributed by atoms with Crippen LogP contribution < -0.4 is 5.32 Å². The second-order valence-electron chi connectivity index (χ2n) is 4.99. The minimum absolute atomic E-state index is 0.248. The number of ether oxygens (including phenoxy) is 1. The zero-order chi connectivity index (χ0) is 15.5. The highest BCUT2D eigenvalue weighted by Crippen LogP contribution is 2.16. The number of esters is 1. The molecule has 0 aliphatic carbocycles. The summed E-state index contributed by atoms with van der Waals surface area (Å²) < 4.78 is 5.39. The molecule has 1 aromatic rings. The Morgan fingerprint density at radius 1 is 1.19 bits per heavy atom. The van der Waals surface area contributed by atoms with E-state index in [9.17, 15) is 4.79 Å². The van der Waals surface area contributed by atoms with Crippen LogP contribution in [0.2, 0.25) is 0 Å². The maximum atomic E-state index is 12.2. The number of nitrogens with one attached hydrogen (secondary N) is 1. The summed E-state index contributed by atoms with van der Waals surface area (Å²) in [5.41, 5.74) is 1.48. The lowest BCUT2D eigenvalue weighted by atomic mass is 10.1. The van der Waals surface area contributed by atoms with Gasteiger partial charge >= 0.3 is 5.97 Å². The molecule has 0 saturated carbocycles. The molecule has 0 heterocycles. The Hall–Kier alpha value is -1.55. The van der Waals surface area contributed by atoms with Gasteiger partial charge in [0.2, 0.25) is 0 Å². The van der Waals surface area contributed by atoms with Crippen LogP contribution in [0.15, 0.2) is 24.3 Å². The minimum Gasteiger partial charge on any atom is -0.461 e. The number of nitrogens with zero attached hydrogens (tertiary/aromatic N) is 1. The van der Waals surface area contributed by atoms with E-state index in [0.717, 1.165) is 44.7 Å². The van der Waals surface area contributed by atoms with Gasteiger partial charge in [-0.15, -0.1) is 0 Å². The maximum absolute atomic E-state index is 12.2. The van der Waals surface area contributed by atoms with Crippen LogP contribution in [0.5, 0.6) is 0 Å². The molecule has 0 unspecified atom stereocenters. The summed E-state index contributed by atoms with van der Waals surface area (Å²) in [6.45, 7) is 10.4. The number of benzene rings is 1. The van der Waals surface area contributed by atoms with Crippen molar-refractivity contribution in [2.24, 2.45) is 0 Å². The average Bonchev–Trinajstić information content (AvgIpc) is 2.52. The molecule has 0 saturated heterocycles. The molecular weight excluding hydrogens is 264 g/mol. The quantitative estimate of drug-likeness (QED) is 0.530. The van der Waals surface area contributed by atoms with Gasteiger partial charge in [0.05, 0.1) is 5.56 Å². The van der Waals surface area contributed by atoms with Crippen LogP contribution in [0.4, 0.5) is 5.69 Å². The molecule has 0 spiro atoms. The van der Waals surface area contributed by atoms with Crippen molar-refractivity contribution in [2.45, 2.75) is 33.6 Å². The van der Waals surface area contributed by atoms with Gasteiger partial charge in [-0.3, -0.25) is 0 Å². The molecule has 0 aliphatic rings. The molecule has 0 amide bonds. The topological polar surface area (TPSA) is 41.6 Å². The fourth-order valence-corrected chi connectivity index (χ4v) is 2.10. The summed E-state index contributed by atoms with van der Waals surface area (Å²) in [6.07, 6.45) is 2.22. The van der Waals surface area contributed by atoms with Crippen molar-refractivity contribution in [1.29, 1.82) is 0 Å². The Balaban J connectivity index is 2.53. The van der Waals surface area contributed by atoms with Crippen molar-refractivity contribution >= 4 is 11.7 Å². The first-order valence-electron chi connectivity index (χ1n) is 7.95. The third kappa shape index (κ3) is 6.17. The van der Waals surface area contributed by atoms with E-state index >= 15 is 0 Å². The van der Waals surface area contributed by atoms with E-state index in [-0.39, 0.29) is 5.97 Å². The Labute approximate surface area is 128 Å². The van der Waals surface area contributed by atoms with Crippen LogP contribution in [0, 0.1) is 0 Å². The number of likely N-dealkylation sites (N-methyl/N-ethyl adjacent to an activating group) is 1. The Bertz CT molecular complexity index is 417. The third-order valence-corrected chi connectivity index (χ3v) is 3.53. The van der Waals surface area contributed by atoms with Gasteiger partial charge in [-0.2, -0.15) is 0 Å². The van der Waals surface area contributed by atoms with E-state index in [4.69, 9.17) is 4.74 Å². The van der Waals surface area contributed by atoms with E-state index in [1.54, 1.807) is 0 Å². The molecule has 0 bridgehead atoms. The first-order chi connectivity index (χ1) is 10.2. The standard InChI is InChI=1S/C17H28N2O2/c1-4-7-12-18-16-11-9-8-10-15(16)17(20)21-14-13-19(5-2)6-3/h8-11,18H,4-7,12-14H2,1-3H3. The van der Waals surface area contributed by atoms with Crippen molar-refractivity contribution in [1.82, 2.24) is 4.90 Å². The number of carbonyl (C=O) groups is 1. The number of carbonyl (C=O) groups excluding carboxylic acids is 1. The number of rotatable bonds is 10. The summed E-state index contributed by atoms with van der Waals surface area (Å²) in [7, 11) is 0. The van der Waals surface area contributed by atoms with Gasteiger partial charge in [0.15, 0.2) is 0 Å². The lowest BCUT2D eigenvalue weighted by Crippen LogP contribution is -2.28. The summed E-state index contributed by atoms with van der Waals surface area (Å²) in [6, 6.07) is 7.54. The summed E-state index contributed by atoms with van der Waals surface area (Å²) in [4.78, 5) is 14.4. The lowest BCUT2D eigenvalue weighted by molar-refractivity contribution is 0.0467. The zero-order valence-corrected chi connectivity index (χ0v) is 13.5. The van der Waals surface area contributed by atoms with E-state index in [1.165, 1.54) is 0 Å². The van der Waals surface area contributed by atoms with Crippen LogP contribution in [-0.4, -0.2) is 43.7 Å².